The quantitative estimate of drug-likeness (QED) is 0.887. The van der Waals surface area contributed by atoms with Crippen LogP contribution in [0.5, 0.6) is 0 Å². The lowest BCUT2D eigenvalue weighted by molar-refractivity contribution is -0.122. The van der Waals surface area contributed by atoms with Crippen molar-refractivity contribution in [2.24, 2.45) is 5.92 Å². The minimum absolute atomic E-state index is 0.231. The highest BCUT2D eigenvalue weighted by Crippen LogP contribution is 2.45. The summed E-state index contributed by atoms with van der Waals surface area (Å²) in [5.74, 6) is 1.07. The Hall–Kier alpha value is -1.39. The number of nitrogens with zero attached hydrogens (tertiary/aromatic N) is 2. The Bertz CT molecular complexity index is 678. The Labute approximate surface area is 156 Å². The zero-order valence-electron chi connectivity index (χ0n) is 15.8. The van der Waals surface area contributed by atoms with Gasteiger partial charge in [-0.3, -0.25) is 4.79 Å². The molecule has 0 bridgehead atoms. The van der Waals surface area contributed by atoms with Crippen LogP contribution in [-0.2, 0) is 10.2 Å². The Morgan fingerprint density at radius 1 is 1.00 bits per heavy atom. The molecule has 4 heterocycles. The molecule has 2 atom stereocenters. The number of fused-ring (bicyclic) bond motifs is 3. The minimum atomic E-state index is -0.267. The normalized spacial score (nSPS) is 31.5. The summed E-state index contributed by atoms with van der Waals surface area (Å²) in [7, 11) is 0. The summed E-state index contributed by atoms with van der Waals surface area (Å²) in [5.41, 5.74) is 2.01. The highest BCUT2D eigenvalue weighted by molar-refractivity contribution is 6.06. The fraction of sp³-hybridized carbons (Fsp3) is 0.682. The fourth-order valence-electron chi connectivity index (χ4n) is 6.11. The number of anilines is 1. The third kappa shape index (κ3) is 2.69. The maximum atomic E-state index is 12.8. The molecule has 3 saturated heterocycles. The summed E-state index contributed by atoms with van der Waals surface area (Å²) in [6.07, 6.45) is 8.91. The Morgan fingerprint density at radius 2 is 1.81 bits per heavy atom. The number of benzene rings is 1. The summed E-state index contributed by atoms with van der Waals surface area (Å²) in [5, 5.41) is 3.13. The second kappa shape index (κ2) is 6.65. The van der Waals surface area contributed by atoms with Crippen molar-refractivity contribution >= 4 is 11.6 Å². The SMILES string of the molecule is O=C1Nc2ccccc2C12CCN(C[C@@H]1CCCN3CCCC[C@H]13)CC2. The van der Waals surface area contributed by atoms with Gasteiger partial charge in [-0.05, 0) is 82.3 Å². The van der Waals surface area contributed by atoms with Crippen molar-refractivity contribution in [3.63, 3.8) is 0 Å². The van der Waals surface area contributed by atoms with Gasteiger partial charge in [-0.1, -0.05) is 24.6 Å². The molecule has 1 aromatic carbocycles. The van der Waals surface area contributed by atoms with Crippen molar-refractivity contribution in [2.75, 3.05) is 38.0 Å². The lowest BCUT2D eigenvalue weighted by atomic mass is 9.73. The van der Waals surface area contributed by atoms with E-state index < -0.39 is 0 Å². The van der Waals surface area contributed by atoms with Crippen molar-refractivity contribution in [2.45, 2.75) is 56.4 Å². The van der Waals surface area contributed by atoms with Crippen molar-refractivity contribution < 1.29 is 4.79 Å². The van der Waals surface area contributed by atoms with E-state index in [0.717, 1.165) is 43.6 Å². The summed E-state index contributed by atoms with van der Waals surface area (Å²) in [4.78, 5) is 18.2. The van der Waals surface area contributed by atoms with Crippen LogP contribution in [0.2, 0.25) is 0 Å². The van der Waals surface area contributed by atoms with Crippen molar-refractivity contribution in [1.82, 2.24) is 9.80 Å². The smallest absolute Gasteiger partial charge is 0.235 e. The summed E-state index contributed by atoms with van der Waals surface area (Å²) in [6.45, 7) is 6.00. The molecular formula is C22H31N3O. The first-order valence-corrected chi connectivity index (χ1v) is 10.6. The molecule has 4 nitrogen and oxygen atoms in total. The highest BCUT2D eigenvalue weighted by atomic mass is 16.2. The molecule has 4 aliphatic rings. The Morgan fingerprint density at radius 3 is 2.69 bits per heavy atom. The maximum Gasteiger partial charge on any atom is 0.235 e. The van der Waals surface area contributed by atoms with Crippen LogP contribution < -0.4 is 5.32 Å². The first-order chi connectivity index (χ1) is 12.8. The van der Waals surface area contributed by atoms with Gasteiger partial charge in [-0.25, -0.2) is 0 Å². The molecule has 0 aromatic heterocycles. The average molecular weight is 354 g/mol. The van der Waals surface area contributed by atoms with Crippen LogP contribution >= 0.6 is 0 Å². The number of likely N-dealkylation sites (tertiary alicyclic amines) is 1. The van der Waals surface area contributed by atoms with Gasteiger partial charge in [0.15, 0.2) is 0 Å². The van der Waals surface area contributed by atoms with E-state index in [1.807, 2.05) is 12.1 Å². The molecule has 0 saturated carbocycles. The van der Waals surface area contributed by atoms with Crippen molar-refractivity contribution in [1.29, 1.82) is 0 Å². The summed E-state index contributed by atoms with van der Waals surface area (Å²) >= 11 is 0. The van der Waals surface area contributed by atoms with E-state index in [0.29, 0.717) is 0 Å². The highest BCUT2D eigenvalue weighted by Gasteiger charge is 2.48. The predicted molar refractivity (Wildman–Crippen MR) is 104 cm³/mol. The number of para-hydroxylation sites is 1. The fourth-order valence-corrected chi connectivity index (χ4v) is 6.11. The van der Waals surface area contributed by atoms with Crippen LogP contribution in [0.15, 0.2) is 24.3 Å². The summed E-state index contributed by atoms with van der Waals surface area (Å²) < 4.78 is 0. The van der Waals surface area contributed by atoms with E-state index in [4.69, 9.17) is 0 Å². The molecule has 140 valence electrons. The molecule has 3 fully saturated rings. The average Bonchev–Trinajstić information content (AvgIpc) is 2.96. The lowest BCUT2D eigenvalue weighted by Gasteiger charge is -2.47. The minimum Gasteiger partial charge on any atom is -0.325 e. The third-order valence-corrected chi connectivity index (χ3v) is 7.56. The molecule has 1 spiro atoms. The predicted octanol–water partition coefficient (Wildman–Crippen LogP) is 3.24. The van der Waals surface area contributed by atoms with Gasteiger partial charge in [0.2, 0.25) is 5.91 Å². The second-order valence-corrected chi connectivity index (χ2v) is 8.88. The topological polar surface area (TPSA) is 35.6 Å². The van der Waals surface area contributed by atoms with Gasteiger partial charge < -0.3 is 15.1 Å². The Balaban J connectivity index is 1.26. The van der Waals surface area contributed by atoms with Gasteiger partial charge in [0.05, 0.1) is 5.41 Å². The number of hydrogen-bond donors (Lipinski definition) is 1. The molecule has 0 radical (unpaired) electrons. The second-order valence-electron chi connectivity index (χ2n) is 8.88. The van der Waals surface area contributed by atoms with E-state index in [9.17, 15) is 4.79 Å². The van der Waals surface area contributed by atoms with E-state index in [2.05, 4.69) is 27.2 Å². The van der Waals surface area contributed by atoms with Gasteiger partial charge >= 0.3 is 0 Å². The Kier molecular flexibility index (Phi) is 4.29. The number of rotatable bonds is 2. The molecule has 26 heavy (non-hydrogen) atoms. The largest absolute Gasteiger partial charge is 0.325 e. The van der Waals surface area contributed by atoms with Crippen molar-refractivity contribution in [3.8, 4) is 0 Å². The van der Waals surface area contributed by atoms with Crippen LogP contribution in [0.25, 0.3) is 0 Å². The van der Waals surface area contributed by atoms with Crippen molar-refractivity contribution in [3.05, 3.63) is 29.8 Å². The molecule has 1 aromatic rings. The van der Waals surface area contributed by atoms with Gasteiger partial charge in [-0.2, -0.15) is 0 Å². The van der Waals surface area contributed by atoms with E-state index in [1.54, 1.807) is 0 Å². The zero-order chi connectivity index (χ0) is 17.6. The third-order valence-electron chi connectivity index (χ3n) is 7.56. The zero-order valence-corrected chi connectivity index (χ0v) is 15.8. The van der Waals surface area contributed by atoms with E-state index in [-0.39, 0.29) is 11.3 Å². The monoisotopic (exact) mass is 353 g/mol. The standard InChI is InChI=1S/C22H31N3O/c26-21-22(18-7-1-2-8-19(18)23-21)10-14-24(15-11-22)16-17-6-5-13-25-12-4-3-9-20(17)25/h1-2,7-8,17,20H,3-6,9-16H2,(H,23,26)/t17-,20+/m0/s1. The molecule has 4 aliphatic heterocycles. The molecule has 4 heteroatoms. The van der Waals surface area contributed by atoms with E-state index >= 15 is 0 Å². The first kappa shape index (κ1) is 16.8. The number of hydrogen-bond acceptors (Lipinski definition) is 3. The number of nitrogens with one attached hydrogen (secondary N) is 1. The molecule has 1 amide bonds. The maximum absolute atomic E-state index is 12.8. The molecule has 1 N–H and O–H groups in total. The van der Waals surface area contributed by atoms with Gasteiger partial charge in [0, 0.05) is 18.3 Å². The molecule has 0 aliphatic carbocycles. The number of carbonyl (C=O) groups excluding carboxylic acids is 1. The van der Waals surface area contributed by atoms with Crippen LogP contribution in [-0.4, -0.2) is 54.5 Å². The molecular weight excluding hydrogens is 322 g/mol. The van der Waals surface area contributed by atoms with E-state index in [1.165, 1.54) is 57.3 Å². The van der Waals surface area contributed by atoms with Crippen LogP contribution in [0.3, 0.4) is 0 Å². The van der Waals surface area contributed by atoms with Gasteiger partial charge in [0.25, 0.3) is 0 Å². The molecule has 0 unspecified atom stereocenters. The lowest BCUT2D eigenvalue weighted by Crippen LogP contribution is -2.53. The number of amides is 1. The molecule has 5 rings (SSSR count). The number of piperidine rings is 3. The van der Waals surface area contributed by atoms with Gasteiger partial charge in [0.1, 0.15) is 0 Å². The van der Waals surface area contributed by atoms with Gasteiger partial charge in [-0.15, -0.1) is 0 Å². The first-order valence-electron chi connectivity index (χ1n) is 10.6. The van der Waals surface area contributed by atoms with Crippen LogP contribution in [0, 0.1) is 5.92 Å². The number of carbonyl (C=O) groups is 1. The summed E-state index contributed by atoms with van der Waals surface area (Å²) in [6, 6.07) is 9.13. The van der Waals surface area contributed by atoms with Crippen LogP contribution in [0.4, 0.5) is 5.69 Å². The van der Waals surface area contributed by atoms with Crippen LogP contribution in [0.1, 0.15) is 50.5 Å².